The fourth-order valence-electron chi connectivity index (χ4n) is 1.99. The first-order chi connectivity index (χ1) is 8.51. The third-order valence-electron chi connectivity index (χ3n) is 2.74. The maximum Gasteiger partial charge on any atom is 0.0704 e. The lowest BCUT2D eigenvalue weighted by Crippen LogP contribution is -2.17. The Morgan fingerprint density at radius 2 is 1.94 bits per heavy atom. The maximum absolute atomic E-state index is 6.12. The molecule has 0 saturated carbocycles. The van der Waals surface area contributed by atoms with Gasteiger partial charge in [-0.1, -0.05) is 27.5 Å². The van der Waals surface area contributed by atoms with Crippen LogP contribution in [0.3, 0.4) is 0 Å². The predicted molar refractivity (Wildman–Crippen MR) is 86.8 cm³/mol. The Labute approximate surface area is 133 Å². The van der Waals surface area contributed by atoms with E-state index in [1.165, 1.54) is 10.4 Å². The molecule has 2 rings (SSSR count). The van der Waals surface area contributed by atoms with Gasteiger partial charge in [0.2, 0.25) is 0 Å². The lowest BCUT2D eigenvalue weighted by atomic mass is 10.00. The fraction of sp³-hybridized carbons (Fsp3) is 0.231. The second-order valence-electron chi connectivity index (χ2n) is 3.99. The number of thiophene rings is 1. The van der Waals surface area contributed by atoms with Crippen LogP contribution in [0.25, 0.3) is 0 Å². The Bertz CT molecular complexity index is 548. The van der Waals surface area contributed by atoms with Gasteiger partial charge in [0.1, 0.15) is 0 Å². The summed E-state index contributed by atoms with van der Waals surface area (Å²) in [6.07, 6.45) is 0. The quantitative estimate of drug-likeness (QED) is 0.701. The summed E-state index contributed by atoms with van der Waals surface area (Å²) in [5.41, 5.74) is 2.44. The molecule has 0 amide bonds. The Morgan fingerprint density at radius 3 is 2.44 bits per heavy atom. The van der Waals surface area contributed by atoms with Gasteiger partial charge in [-0.2, -0.15) is 0 Å². The standard InChI is InChI=1S/C13H12Br2ClNS/c1-7-11(6-12(15)18-7)13(17-2)8-3-9(14)5-10(16)4-8/h3-6,13,17H,1-2H3. The largest absolute Gasteiger partial charge is 0.309 e. The van der Waals surface area contributed by atoms with Crippen molar-refractivity contribution < 1.29 is 0 Å². The van der Waals surface area contributed by atoms with E-state index in [4.69, 9.17) is 11.6 Å². The zero-order valence-corrected chi connectivity index (χ0v) is 14.7. The molecule has 0 saturated heterocycles. The van der Waals surface area contributed by atoms with E-state index in [1.807, 2.05) is 19.2 Å². The zero-order chi connectivity index (χ0) is 13.3. The van der Waals surface area contributed by atoms with Crippen LogP contribution < -0.4 is 5.32 Å². The lowest BCUT2D eigenvalue weighted by molar-refractivity contribution is 0.690. The first-order valence-corrected chi connectivity index (χ1v) is 8.18. The molecular formula is C13H12Br2ClNS. The number of hydrogen-bond acceptors (Lipinski definition) is 2. The number of benzene rings is 1. The molecule has 1 heterocycles. The van der Waals surface area contributed by atoms with Crippen LogP contribution in [0.2, 0.25) is 5.02 Å². The molecule has 0 bridgehead atoms. The molecule has 18 heavy (non-hydrogen) atoms. The highest BCUT2D eigenvalue weighted by Gasteiger charge is 2.17. The van der Waals surface area contributed by atoms with Crippen molar-refractivity contribution in [2.24, 2.45) is 0 Å². The van der Waals surface area contributed by atoms with Crippen molar-refractivity contribution in [1.82, 2.24) is 5.32 Å². The minimum absolute atomic E-state index is 0.155. The zero-order valence-electron chi connectivity index (χ0n) is 9.93. The SMILES string of the molecule is CNC(c1cc(Cl)cc(Br)c1)c1cc(Br)sc1C. The third-order valence-corrected chi connectivity index (χ3v) is 4.99. The van der Waals surface area contributed by atoms with Crippen LogP contribution in [0.5, 0.6) is 0 Å². The molecular weight excluding hydrogens is 397 g/mol. The molecule has 1 atom stereocenters. The van der Waals surface area contributed by atoms with E-state index in [1.54, 1.807) is 11.3 Å². The predicted octanol–water partition coefficient (Wildman–Crippen LogP) is 5.54. The van der Waals surface area contributed by atoms with E-state index in [-0.39, 0.29) is 6.04 Å². The van der Waals surface area contributed by atoms with Crippen molar-refractivity contribution in [2.75, 3.05) is 7.05 Å². The summed E-state index contributed by atoms with van der Waals surface area (Å²) in [4.78, 5) is 1.30. The molecule has 0 spiro atoms. The normalized spacial score (nSPS) is 12.7. The molecule has 0 radical (unpaired) electrons. The van der Waals surface area contributed by atoms with Crippen molar-refractivity contribution in [1.29, 1.82) is 0 Å². The second-order valence-corrected chi connectivity index (χ2v) is 7.97. The average Bonchev–Trinajstić information content (AvgIpc) is 2.58. The van der Waals surface area contributed by atoms with Gasteiger partial charge in [-0.25, -0.2) is 0 Å². The molecule has 0 aliphatic carbocycles. The number of aryl methyl sites for hydroxylation is 1. The maximum atomic E-state index is 6.12. The lowest BCUT2D eigenvalue weighted by Gasteiger charge is -2.17. The Kier molecular flexibility index (Phi) is 4.89. The van der Waals surface area contributed by atoms with Gasteiger partial charge < -0.3 is 5.32 Å². The summed E-state index contributed by atoms with van der Waals surface area (Å²) in [6, 6.07) is 8.31. The highest BCUT2D eigenvalue weighted by atomic mass is 79.9. The van der Waals surface area contributed by atoms with E-state index in [0.29, 0.717) is 0 Å². The Balaban J connectivity index is 2.48. The molecule has 1 aromatic carbocycles. The Hall–Kier alpha value is 0.130. The highest BCUT2D eigenvalue weighted by molar-refractivity contribution is 9.11. The molecule has 1 nitrogen and oxygen atoms in total. The molecule has 0 aliphatic rings. The van der Waals surface area contributed by atoms with Gasteiger partial charge in [-0.3, -0.25) is 0 Å². The van der Waals surface area contributed by atoms with Crippen LogP contribution in [-0.2, 0) is 0 Å². The summed E-state index contributed by atoms with van der Waals surface area (Å²) in [6.45, 7) is 2.13. The summed E-state index contributed by atoms with van der Waals surface area (Å²) < 4.78 is 2.15. The molecule has 96 valence electrons. The number of halogens is 3. The Morgan fingerprint density at radius 1 is 1.22 bits per heavy atom. The summed E-state index contributed by atoms with van der Waals surface area (Å²) in [5.74, 6) is 0. The van der Waals surface area contributed by atoms with Crippen LogP contribution in [-0.4, -0.2) is 7.05 Å². The van der Waals surface area contributed by atoms with E-state index in [9.17, 15) is 0 Å². The first-order valence-electron chi connectivity index (χ1n) is 5.40. The number of nitrogens with one attached hydrogen (secondary N) is 1. The molecule has 1 aromatic heterocycles. The summed E-state index contributed by atoms with van der Waals surface area (Å²) in [7, 11) is 1.96. The van der Waals surface area contributed by atoms with E-state index in [2.05, 4.69) is 56.2 Å². The minimum Gasteiger partial charge on any atom is -0.309 e. The van der Waals surface area contributed by atoms with Crippen LogP contribution in [0, 0.1) is 6.92 Å². The highest BCUT2D eigenvalue weighted by Crippen LogP contribution is 2.35. The van der Waals surface area contributed by atoms with Gasteiger partial charge >= 0.3 is 0 Å². The van der Waals surface area contributed by atoms with Gasteiger partial charge in [0.25, 0.3) is 0 Å². The van der Waals surface area contributed by atoms with Gasteiger partial charge in [0.05, 0.1) is 9.83 Å². The molecule has 1 N–H and O–H groups in total. The van der Waals surface area contributed by atoms with E-state index >= 15 is 0 Å². The van der Waals surface area contributed by atoms with Crippen LogP contribution in [0.4, 0.5) is 0 Å². The summed E-state index contributed by atoms with van der Waals surface area (Å²) in [5, 5.41) is 4.09. The summed E-state index contributed by atoms with van der Waals surface area (Å²) >= 11 is 14.9. The topological polar surface area (TPSA) is 12.0 Å². The van der Waals surface area contributed by atoms with Crippen LogP contribution >= 0.6 is 54.8 Å². The van der Waals surface area contributed by atoms with Crippen molar-refractivity contribution >= 4 is 54.8 Å². The first kappa shape index (κ1) is 14.5. The van der Waals surface area contributed by atoms with E-state index in [0.717, 1.165) is 18.8 Å². The average molecular weight is 410 g/mol. The fourth-order valence-corrected chi connectivity index (χ4v) is 4.62. The van der Waals surface area contributed by atoms with Crippen molar-refractivity contribution in [3.63, 3.8) is 0 Å². The smallest absolute Gasteiger partial charge is 0.0704 e. The van der Waals surface area contributed by atoms with Gasteiger partial charge in [-0.05, 0) is 65.3 Å². The molecule has 1 unspecified atom stereocenters. The van der Waals surface area contributed by atoms with Crippen LogP contribution in [0.1, 0.15) is 22.0 Å². The van der Waals surface area contributed by atoms with Crippen molar-refractivity contribution in [3.8, 4) is 0 Å². The molecule has 0 fully saturated rings. The van der Waals surface area contributed by atoms with Gasteiger partial charge in [-0.15, -0.1) is 11.3 Å². The van der Waals surface area contributed by atoms with Crippen molar-refractivity contribution in [2.45, 2.75) is 13.0 Å². The number of rotatable bonds is 3. The third kappa shape index (κ3) is 3.17. The van der Waals surface area contributed by atoms with Gasteiger partial charge in [0, 0.05) is 14.4 Å². The molecule has 0 aliphatic heterocycles. The number of hydrogen-bond donors (Lipinski definition) is 1. The van der Waals surface area contributed by atoms with Gasteiger partial charge in [0.15, 0.2) is 0 Å². The monoisotopic (exact) mass is 407 g/mol. The van der Waals surface area contributed by atoms with Crippen molar-refractivity contribution in [3.05, 3.63) is 53.6 Å². The minimum atomic E-state index is 0.155. The van der Waals surface area contributed by atoms with Crippen LogP contribution in [0.15, 0.2) is 32.5 Å². The van der Waals surface area contributed by atoms with E-state index < -0.39 is 0 Å². The second kappa shape index (κ2) is 6.06. The molecule has 2 aromatic rings. The molecule has 5 heteroatoms.